The molecule has 9 heteroatoms. The van der Waals surface area contributed by atoms with Crippen molar-refractivity contribution in [1.82, 2.24) is 4.90 Å². The third-order valence-corrected chi connectivity index (χ3v) is 7.26. The highest BCUT2D eigenvalue weighted by atomic mass is 16.5. The molecular formula is C31H42N2O7. The average Bonchev–Trinajstić information content (AvgIpc) is 3.20. The second-order valence-electron chi connectivity index (χ2n) is 10.3. The number of likely N-dealkylation sites (N-methyl/N-ethyl adjacent to an activating group) is 1. The highest BCUT2D eigenvalue weighted by Gasteiger charge is 2.45. The number of nitrogens with zero attached hydrogens (tertiary/aromatic N) is 1. The van der Waals surface area contributed by atoms with Crippen molar-refractivity contribution < 1.29 is 38.5 Å². The van der Waals surface area contributed by atoms with E-state index in [-0.39, 0.29) is 5.57 Å². The quantitative estimate of drug-likeness (QED) is 0.230. The molecule has 2 aromatic rings. The summed E-state index contributed by atoms with van der Waals surface area (Å²) in [5.41, 5.74) is 1.45. The van der Waals surface area contributed by atoms with E-state index in [0.29, 0.717) is 65.3 Å². The van der Waals surface area contributed by atoms with Gasteiger partial charge in [-0.25, -0.2) is 0 Å². The van der Waals surface area contributed by atoms with Crippen molar-refractivity contribution >= 4 is 17.4 Å². The summed E-state index contributed by atoms with van der Waals surface area (Å²) in [7, 11) is 4.49. The molecule has 1 heterocycles. The zero-order valence-corrected chi connectivity index (χ0v) is 24.9. The molecule has 0 aliphatic carbocycles. The Morgan fingerprint density at radius 3 is 2.12 bits per heavy atom. The SMILES string of the molecule is CC[NH+](CC)CCN1C(=O)C(=O)/C(=C(/[O-])c2ccc(OCC(C)C)cc2C)C1c1cc(OC)c(OC)c(OC)c1. The highest BCUT2D eigenvalue weighted by Crippen LogP contribution is 2.45. The van der Waals surface area contributed by atoms with Gasteiger partial charge in [-0.15, -0.1) is 0 Å². The number of quaternary nitrogens is 1. The molecule has 0 spiro atoms. The van der Waals surface area contributed by atoms with Gasteiger partial charge in [-0.05, 0) is 67.6 Å². The number of methoxy groups -OCH3 is 3. The zero-order chi connectivity index (χ0) is 29.6. The fourth-order valence-electron chi connectivity index (χ4n) is 4.98. The van der Waals surface area contributed by atoms with Crippen LogP contribution in [0.3, 0.4) is 0 Å². The Hall–Kier alpha value is -3.72. The number of aryl methyl sites for hydroxylation is 1. The molecule has 1 fully saturated rings. The number of rotatable bonds is 13. The third-order valence-electron chi connectivity index (χ3n) is 7.26. The van der Waals surface area contributed by atoms with E-state index < -0.39 is 23.5 Å². The molecule has 3 rings (SSSR count). The van der Waals surface area contributed by atoms with Crippen molar-refractivity contribution in [2.24, 2.45) is 5.92 Å². The van der Waals surface area contributed by atoms with Crippen LogP contribution >= 0.6 is 0 Å². The Morgan fingerprint density at radius 1 is 1.00 bits per heavy atom. The molecule has 0 radical (unpaired) electrons. The predicted octanol–water partition coefficient (Wildman–Crippen LogP) is 2.20. The van der Waals surface area contributed by atoms with Crippen LogP contribution in [-0.4, -0.2) is 70.7 Å². The number of carbonyl (C=O) groups is 2. The van der Waals surface area contributed by atoms with Crippen LogP contribution < -0.4 is 29.0 Å². The van der Waals surface area contributed by atoms with Gasteiger partial charge in [-0.3, -0.25) is 9.59 Å². The molecule has 218 valence electrons. The van der Waals surface area contributed by atoms with Crippen LogP contribution in [0.2, 0.25) is 0 Å². The van der Waals surface area contributed by atoms with Crippen molar-refractivity contribution in [3.05, 3.63) is 52.6 Å². The summed E-state index contributed by atoms with van der Waals surface area (Å²) in [4.78, 5) is 29.7. The van der Waals surface area contributed by atoms with E-state index in [1.54, 1.807) is 37.3 Å². The van der Waals surface area contributed by atoms with E-state index >= 15 is 0 Å². The van der Waals surface area contributed by atoms with Crippen molar-refractivity contribution in [2.45, 2.75) is 40.7 Å². The normalized spacial score (nSPS) is 16.6. The number of hydrogen-bond donors (Lipinski definition) is 1. The second-order valence-corrected chi connectivity index (χ2v) is 10.3. The lowest BCUT2D eigenvalue weighted by atomic mass is 9.93. The van der Waals surface area contributed by atoms with Gasteiger partial charge in [0.25, 0.3) is 5.91 Å². The molecule has 0 bridgehead atoms. The first-order valence-electron chi connectivity index (χ1n) is 13.7. The van der Waals surface area contributed by atoms with E-state index in [2.05, 4.69) is 27.7 Å². The Morgan fingerprint density at radius 2 is 1.62 bits per heavy atom. The van der Waals surface area contributed by atoms with Crippen LogP contribution in [0.5, 0.6) is 23.0 Å². The zero-order valence-electron chi connectivity index (χ0n) is 24.9. The lowest BCUT2D eigenvalue weighted by Gasteiger charge is -2.29. The summed E-state index contributed by atoms with van der Waals surface area (Å²) in [6.07, 6.45) is 0. The predicted molar refractivity (Wildman–Crippen MR) is 151 cm³/mol. The van der Waals surface area contributed by atoms with Gasteiger partial charge in [0, 0.05) is 5.57 Å². The molecule has 1 aliphatic rings. The Labute approximate surface area is 237 Å². The molecule has 0 saturated carbocycles. The average molecular weight is 555 g/mol. The highest BCUT2D eigenvalue weighted by molar-refractivity contribution is 6.46. The number of amides is 1. The van der Waals surface area contributed by atoms with Gasteiger partial charge < -0.3 is 33.9 Å². The number of likely N-dealkylation sites (tertiary alicyclic amines) is 1. The first kappa shape index (κ1) is 30.8. The molecule has 1 amide bonds. The first-order chi connectivity index (χ1) is 19.1. The minimum atomic E-state index is -0.910. The molecule has 0 aromatic heterocycles. The van der Waals surface area contributed by atoms with Gasteiger partial charge in [0.2, 0.25) is 11.5 Å². The standard InChI is InChI=1S/C31H42N2O7/c1-9-32(10-2)13-14-33-27(21-16-24(37-6)30(39-8)25(17-21)38-7)26(29(35)31(33)36)28(34)23-12-11-22(15-20(23)5)40-18-19(3)4/h11-12,15-17,19,27,34H,9-10,13-14,18H2,1-8H3/b28-26+. The molecule has 1 aliphatic heterocycles. The Balaban J connectivity index is 2.19. The van der Waals surface area contributed by atoms with Crippen LogP contribution in [0, 0.1) is 12.8 Å². The minimum absolute atomic E-state index is 0.0900. The van der Waals surface area contributed by atoms with Gasteiger partial charge >= 0.3 is 0 Å². The lowest BCUT2D eigenvalue weighted by molar-refractivity contribution is -0.895. The molecular weight excluding hydrogens is 512 g/mol. The summed E-state index contributed by atoms with van der Waals surface area (Å²) >= 11 is 0. The number of ether oxygens (including phenoxy) is 4. The smallest absolute Gasteiger partial charge is 0.295 e. The number of carbonyl (C=O) groups excluding carboxylic acids is 2. The van der Waals surface area contributed by atoms with Crippen LogP contribution in [0.1, 0.15) is 50.4 Å². The summed E-state index contributed by atoms with van der Waals surface area (Å²) in [6, 6.07) is 7.64. The number of hydrogen-bond acceptors (Lipinski definition) is 7. The fourth-order valence-corrected chi connectivity index (χ4v) is 4.98. The molecule has 9 nitrogen and oxygen atoms in total. The largest absolute Gasteiger partial charge is 0.872 e. The van der Waals surface area contributed by atoms with E-state index in [1.165, 1.54) is 31.1 Å². The molecule has 2 aromatic carbocycles. The number of nitrogens with one attached hydrogen (secondary N) is 1. The Bertz CT molecular complexity index is 1230. The number of ketones is 1. The van der Waals surface area contributed by atoms with E-state index in [0.717, 1.165) is 13.1 Å². The molecule has 1 unspecified atom stereocenters. The minimum Gasteiger partial charge on any atom is -0.872 e. The third kappa shape index (κ3) is 6.36. The van der Waals surface area contributed by atoms with E-state index in [9.17, 15) is 14.7 Å². The maximum Gasteiger partial charge on any atom is 0.295 e. The van der Waals surface area contributed by atoms with Crippen LogP contribution in [0.15, 0.2) is 35.9 Å². The summed E-state index contributed by atoms with van der Waals surface area (Å²) < 4.78 is 22.4. The Kier molecular flexibility index (Phi) is 10.5. The molecule has 1 N–H and O–H groups in total. The summed E-state index contributed by atoms with van der Waals surface area (Å²) in [5.74, 6) is 0.141. The van der Waals surface area contributed by atoms with Crippen molar-refractivity contribution in [3.63, 3.8) is 0 Å². The van der Waals surface area contributed by atoms with Crippen LogP contribution in [-0.2, 0) is 9.59 Å². The van der Waals surface area contributed by atoms with Gasteiger partial charge in [-0.1, -0.05) is 25.7 Å². The second kappa shape index (κ2) is 13.6. The summed E-state index contributed by atoms with van der Waals surface area (Å²) in [5, 5.41) is 14.0. The van der Waals surface area contributed by atoms with Gasteiger partial charge in [-0.2, -0.15) is 0 Å². The molecule has 40 heavy (non-hydrogen) atoms. The monoisotopic (exact) mass is 554 g/mol. The topological polar surface area (TPSA) is 102 Å². The van der Waals surface area contributed by atoms with E-state index in [4.69, 9.17) is 18.9 Å². The summed E-state index contributed by atoms with van der Waals surface area (Å²) in [6.45, 7) is 13.3. The van der Waals surface area contributed by atoms with Crippen molar-refractivity contribution in [1.29, 1.82) is 0 Å². The number of benzene rings is 2. The first-order valence-corrected chi connectivity index (χ1v) is 13.7. The van der Waals surface area contributed by atoms with Gasteiger partial charge in [0.15, 0.2) is 11.5 Å². The van der Waals surface area contributed by atoms with E-state index in [1.807, 2.05) is 0 Å². The molecule has 1 saturated heterocycles. The van der Waals surface area contributed by atoms with Gasteiger partial charge in [0.1, 0.15) is 5.75 Å². The maximum absolute atomic E-state index is 14.0. The maximum atomic E-state index is 14.0. The van der Waals surface area contributed by atoms with Gasteiger partial charge in [0.05, 0.1) is 60.2 Å². The van der Waals surface area contributed by atoms with Crippen molar-refractivity contribution in [3.8, 4) is 23.0 Å². The lowest BCUT2D eigenvalue weighted by Crippen LogP contribution is -3.12. The molecule has 1 atom stereocenters. The van der Waals surface area contributed by atoms with Crippen molar-refractivity contribution in [2.75, 3.05) is 54.1 Å². The van der Waals surface area contributed by atoms with Crippen LogP contribution in [0.4, 0.5) is 0 Å². The number of Topliss-reactive ketones (excluding diaryl/α,β-unsaturated/α-hetero) is 1. The van der Waals surface area contributed by atoms with Crippen LogP contribution in [0.25, 0.3) is 5.76 Å². The fraction of sp³-hybridized carbons (Fsp3) is 0.484.